The van der Waals surface area contributed by atoms with Gasteiger partial charge in [0, 0.05) is 18.5 Å². The molecule has 0 fully saturated rings. The van der Waals surface area contributed by atoms with Crippen molar-refractivity contribution in [2.24, 2.45) is 0 Å². The summed E-state index contributed by atoms with van der Waals surface area (Å²) in [6.45, 7) is 0. The van der Waals surface area contributed by atoms with Gasteiger partial charge in [-0.25, -0.2) is 8.42 Å². The summed E-state index contributed by atoms with van der Waals surface area (Å²) in [6.07, 6.45) is 0.407. The van der Waals surface area contributed by atoms with Crippen molar-refractivity contribution in [2.75, 3.05) is 18.5 Å². The van der Waals surface area contributed by atoms with Gasteiger partial charge in [0.2, 0.25) is 5.91 Å². The Kier molecular flexibility index (Phi) is 4.98. The zero-order valence-corrected chi connectivity index (χ0v) is 11.5. The van der Waals surface area contributed by atoms with Crippen LogP contribution in [0, 0.1) is 0 Å². The maximum Gasteiger partial charge on any atom is 0.219 e. The molecule has 0 aliphatic heterocycles. The molecule has 0 atom stereocenters. The number of hydrogen-bond acceptors (Lipinski definition) is 4. The molecule has 3 N–H and O–H groups in total. The second-order valence-electron chi connectivity index (χ2n) is 3.78. The number of sulfone groups is 1. The van der Waals surface area contributed by atoms with Gasteiger partial charge in [0.05, 0.1) is 16.3 Å². The Hall–Kier alpha value is -1.27. The molecule has 0 heterocycles. The molecule has 1 aromatic carbocycles. The van der Waals surface area contributed by atoms with E-state index in [4.69, 9.17) is 17.3 Å². The number of carbonyl (C=O) groups excluding carboxylic acids is 1. The predicted octanol–water partition coefficient (Wildman–Crippen LogP) is 1.22. The molecule has 0 aliphatic rings. The van der Waals surface area contributed by atoms with Crippen molar-refractivity contribution in [3.8, 4) is 0 Å². The van der Waals surface area contributed by atoms with E-state index < -0.39 is 9.84 Å². The van der Waals surface area contributed by atoms with E-state index in [-0.39, 0.29) is 35.1 Å². The third kappa shape index (κ3) is 3.89. The predicted molar refractivity (Wildman–Crippen MR) is 71.2 cm³/mol. The number of anilines is 1. The Morgan fingerprint density at radius 2 is 2.11 bits per heavy atom. The smallest absolute Gasteiger partial charge is 0.219 e. The molecular weight excluding hydrogens is 276 g/mol. The van der Waals surface area contributed by atoms with Crippen LogP contribution in [0.2, 0.25) is 5.02 Å². The van der Waals surface area contributed by atoms with Gasteiger partial charge in [-0.2, -0.15) is 0 Å². The quantitative estimate of drug-likeness (QED) is 0.798. The second-order valence-corrected chi connectivity index (χ2v) is 6.29. The average Bonchev–Trinajstić information content (AvgIpc) is 2.31. The minimum Gasteiger partial charge on any atom is -0.398 e. The van der Waals surface area contributed by atoms with E-state index in [2.05, 4.69) is 5.32 Å². The lowest BCUT2D eigenvalue weighted by Crippen LogP contribution is -2.19. The van der Waals surface area contributed by atoms with E-state index >= 15 is 0 Å². The van der Waals surface area contributed by atoms with Crippen LogP contribution in [0.3, 0.4) is 0 Å². The van der Waals surface area contributed by atoms with Crippen LogP contribution in [0.15, 0.2) is 23.1 Å². The highest BCUT2D eigenvalue weighted by Crippen LogP contribution is 2.24. The van der Waals surface area contributed by atoms with Crippen LogP contribution in [0.5, 0.6) is 0 Å². The molecule has 1 amide bonds. The number of carbonyl (C=O) groups is 1. The lowest BCUT2D eigenvalue weighted by atomic mass is 10.3. The average molecular weight is 291 g/mol. The molecule has 100 valence electrons. The summed E-state index contributed by atoms with van der Waals surface area (Å²) in [5.74, 6) is -0.324. The monoisotopic (exact) mass is 290 g/mol. The first-order chi connectivity index (χ1) is 8.36. The van der Waals surface area contributed by atoms with E-state index in [1.54, 1.807) is 0 Å². The fourth-order valence-corrected chi connectivity index (χ4v) is 3.15. The summed E-state index contributed by atoms with van der Waals surface area (Å²) < 4.78 is 24.0. The normalized spacial score (nSPS) is 11.2. The van der Waals surface area contributed by atoms with Gasteiger partial charge in [-0.1, -0.05) is 11.6 Å². The minimum absolute atomic E-state index is 0.0203. The summed E-state index contributed by atoms with van der Waals surface area (Å²) in [5, 5.41) is 2.75. The zero-order chi connectivity index (χ0) is 13.8. The fraction of sp³-hybridized carbons (Fsp3) is 0.364. The van der Waals surface area contributed by atoms with Gasteiger partial charge in [-0.05, 0) is 24.6 Å². The number of hydrogen-bond donors (Lipinski definition) is 2. The van der Waals surface area contributed by atoms with Crippen LogP contribution >= 0.6 is 11.6 Å². The third-order valence-electron chi connectivity index (χ3n) is 2.41. The van der Waals surface area contributed by atoms with E-state index in [1.807, 2.05) is 0 Å². The Balaban J connectivity index is 2.80. The number of benzene rings is 1. The molecule has 0 spiro atoms. The second kappa shape index (κ2) is 6.06. The first-order valence-corrected chi connectivity index (χ1v) is 7.38. The number of nitrogens with one attached hydrogen (secondary N) is 1. The van der Waals surface area contributed by atoms with Gasteiger partial charge >= 0.3 is 0 Å². The molecule has 5 nitrogen and oxygen atoms in total. The Bertz CT molecular complexity index is 543. The molecule has 1 rings (SSSR count). The molecule has 0 radical (unpaired) electrons. The first-order valence-electron chi connectivity index (χ1n) is 5.35. The van der Waals surface area contributed by atoms with Crippen LogP contribution in [0.25, 0.3) is 0 Å². The first kappa shape index (κ1) is 14.8. The van der Waals surface area contributed by atoms with E-state index in [0.717, 1.165) is 0 Å². The standard InChI is InChI=1S/C11H15ClN2O3S/c1-14-11(15)3-2-6-18(16,17)10-7-8(12)4-5-9(10)13/h4-5,7H,2-3,6,13H2,1H3,(H,14,15). The van der Waals surface area contributed by atoms with Gasteiger partial charge in [-0.15, -0.1) is 0 Å². The Morgan fingerprint density at radius 3 is 2.72 bits per heavy atom. The van der Waals surface area contributed by atoms with Crippen molar-refractivity contribution in [1.82, 2.24) is 5.32 Å². The van der Waals surface area contributed by atoms with E-state index in [1.165, 1.54) is 25.2 Å². The lowest BCUT2D eigenvalue weighted by molar-refractivity contribution is -0.120. The molecule has 18 heavy (non-hydrogen) atoms. The summed E-state index contributed by atoms with van der Waals surface area (Å²) in [6, 6.07) is 4.31. The van der Waals surface area contributed by atoms with Crippen LogP contribution in [-0.2, 0) is 14.6 Å². The molecule has 0 bridgehead atoms. The van der Waals surface area contributed by atoms with Crippen LogP contribution in [0.1, 0.15) is 12.8 Å². The summed E-state index contributed by atoms with van der Waals surface area (Å²) in [4.78, 5) is 11.0. The summed E-state index contributed by atoms with van der Waals surface area (Å²) in [5.41, 5.74) is 5.78. The number of rotatable bonds is 5. The highest BCUT2D eigenvalue weighted by atomic mass is 35.5. The molecule has 7 heteroatoms. The highest BCUT2D eigenvalue weighted by molar-refractivity contribution is 7.91. The van der Waals surface area contributed by atoms with Gasteiger partial charge in [-0.3, -0.25) is 4.79 Å². The summed E-state index contributed by atoms with van der Waals surface area (Å²) >= 11 is 5.75. The molecule has 0 unspecified atom stereocenters. The number of nitrogen functional groups attached to an aromatic ring is 1. The zero-order valence-electron chi connectivity index (χ0n) is 9.94. The Labute approximate surface area is 111 Å². The highest BCUT2D eigenvalue weighted by Gasteiger charge is 2.18. The van der Waals surface area contributed by atoms with Crippen LogP contribution < -0.4 is 11.1 Å². The molecule has 0 saturated heterocycles. The van der Waals surface area contributed by atoms with Crippen molar-refractivity contribution in [2.45, 2.75) is 17.7 Å². The molecular formula is C11H15ClN2O3S. The fourth-order valence-electron chi connectivity index (χ4n) is 1.44. The maximum absolute atomic E-state index is 12.0. The SMILES string of the molecule is CNC(=O)CCCS(=O)(=O)c1cc(Cl)ccc1N. The minimum atomic E-state index is -3.51. The van der Waals surface area contributed by atoms with Gasteiger partial charge in [0.1, 0.15) is 0 Å². The van der Waals surface area contributed by atoms with Gasteiger partial charge < -0.3 is 11.1 Å². The molecule has 1 aromatic rings. The lowest BCUT2D eigenvalue weighted by Gasteiger charge is -2.07. The molecule has 0 aliphatic carbocycles. The van der Waals surface area contributed by atoms with Crippen LogP contribution in [-0.4, -0.2) is 27.1 Å². The Morgan fingerprint density at radius 1 is 1.44 bits per heavy atom. The van der Waals surface area contributed by atoms with Crippen LogP contribution in [0.4, 0.5) is 5.69 Å². The summed E-state index contributed by atoms with van der Waals surface area (Å²) in [7, 11) is -2.00. The number of amides is 1. The van der Waals surface area contributed by atoms with E-state index in [9.17, 15) is 13.2 Å². The van der Waals surface area contributed by atoms with E-state index in [0.29, 0.717) is 5.02 Å². The maximum atomic E-state index is 12.0. The van der Waals surface area contributed by atoms with Crippen molar-refractivity contribution >= 4 is 33.0 Å². The van der Waals surface area contributed by atoms with Gasteiger partial charge in [0.25, 0.3) is 0 Å². The van der Waals surface area contributed by atoms with Gasteiger partial charge in [0.15, 0.2) is 9.84 Å². The topological polar surface area (TPSA) is 89.3 Å². The van der Waals surface area contributed by atoms with Crippen molar-refractivity contribution < 1.29 is 13.2 Å². The molecule has 0 aromatic heterocycles. The third-order valence-corrected chi connectivity index (χ3v) is 4.49. The van der Waals surface area contributed by atoms with Crippen molar-refractivity contribution in [1.29, 1.82) is 0 Å². The largest absolute Gasteiger partial charge is 0.398 e. The number of nitrogens with two attached hydrogens (primary N) is 1. The molecule has 0 saturated carbocycles. The van der Waals surface area contributed by atoms with Crippen molar-refractivity contribution in [3.05, 3.63) is 23.2 Å². The van der Waals surface area contributed by atoms with Crippen molar-refractivity contribution in [3.63, 3.8) is 0 Å². The number of halogens is 1.